The molecule has 86 valence electrons. The molecule has 0 spiro atoms. The molecular formula is C11H24O3. The van der Waals surface area contributed by atoms with Gasteiger partial charge in [-0.1, -0.05) is 13.8 Å². The molecule has 0 aliphatic heterocycles. The first kappa shape index (κ1) is 13.9. The van der Waals surface area contributed by atoms with E-state index in [4.69, 9.17) is 9.47 Å². The Balaban J connectivity index is 4.32. The van der Waals surface area contributed by atoms with E-state index >= 15 is 0 Å². The van der Waals surface area contributed by atoms with Crippen LogP contribution in [-0.2, 0) is 9.47 Å². The fourth-order valence-electron chi connectivity index (χ4n) is 1.36. The van der Waals surface area contributed by atoms with Crippen LogP contribution in [0.15, 0.2) is 0 Å². The Morgan fingerprint density at radius 1 is 1.14 bits per heavy atom. The molecule has 14 heavy (non-hydrogen) atoms. The molecule has 0 rings (SSSR count). The molecule has 3 nitrogen and oxygen atoms in total. The summed E-state index contributed by atoms with van der Waals surface area (Å²) in [6.07, 6.45) is 0.242. The lowest BCUT2D eigenvalue weighted by molar-refractivity contribution is -0.0943. The summed E-state index contributed by atoms with van der Waals surface area (Å²) < 4.78 is 10.3. The van der Waals surface area contributed by atoms with E-state index in [1.807, 2.05) is 13.8 Å². The van der Waals surface area contributed by atoms with Gasteiger partial charge in [0.1, 0.15) is 0 Å². The lowest BCUT2D eigenvalue weighted by atomic mass is 9.73. The summed E-state index contributed by atoms with van der Waals surface area (Å²) >= 11 is 0. The second kappa shape index (κ2) is 5.10. The van der Waals surface area contributed by atoms with E-state index in [1.165, 1.54) is 0 Å². The Bertz CT molecular complexity index is 164. The van der Waals surface area contributed by atoms with Crippen LogP contribution in [0.2, 0.25) is 0 Å². The highest BCUT2D eigenvalue weighted by Gasteiger charge is 2.38. The van der Waals surface area contributed by atoms with Gasteiger partial charge in [-0.05, 0) is 25.7 Å². The predicted octanol–water partition coefficient (Wildman–Crippen LogP) is 1.83. The summed E-state index contributed by atoms with van der Waals surface area (Å²) in [5.74, 6) is 0. The first-order valence-electron chi connectivity index (χ1n) is 4.99. The average Bonchev–Trinajstić information content (AvgIpc) is 2.03. The lowest BCUT2D eigenvalue weighted by Crippen LogP contribution is -2.43. The fourth-order valence-corrected chi connectivity index (χ4v) is 1.36. The van der Waals surface area contributed by atoms with Crippen LogP contribution >= 0.6 is 0 Å². The van der Waals surface area contributed by atoms with Crippen molar-refractivity contribution in [2.24, 2.45) is 5.41 Å². The Morgan fingerprint density at radius 2 is 1.64 bits per heavy atom. The smallest absolute Gasteiger partial charge is 0.0779 e. The molecule has 1 N–H and O–H groups in total. The minimum Gasteiger partial charge on any atom is -0.391 e. The first-order chi connectivity index (χ1) is 6.27. The number of ether oxygens (including phenoxy) is 2. The second-order valence-electron chi connectivity index (χ2n) is 4.91. The zero-order valence-electron chi connectivity index (χ0n) is 10.3. The quantitative estimate of drug-likeness (QED) is 0.717. The molecule has 1 unspecified atom stereocenters. The minimum atomic E-state index is -0.426. The Hall–Kier alpha value is -0.120. The molecule has 0 aromatic rings. The summed E-state index contributed by atoms with van der Waals surface area (Å²) in [6.45, 7) is 8.63. The summed E-state index contributed by atoms with van der Waals surface area (Å²) in [5.41, 5.74) is -0.332. The van der Waals surface area contributed by atoms with Gasteiger partial charge in [0, 0.05) is 14.2 Å². The predicted molar refractivity (Wildman–Crippen MR) is 57.4 cm³/mol. The third-order valence-corrected chi connectivity index (χ3v) is 3.25. The molecule has 0 saturated carbocycles. The van der Waals surface area contributed by atoms with Crippen LogP contribution in [0.25, 0.3) is 0 Å². The van der Waals surface area contributed by atoms with Gasteiger partial charge in [-0.2, -0.15) is 0 Å². The molecule has 0 bridgehead atoms. The van der Waals surface area contributed by atoms with Gasteiger partial charge < -0.3 is 14.6 Å². The molecule has 0 fully saturated rings. The normalized spacial score (nSPS) is 15.6. The van der Waals surface area contributed by atoms with Gasteiger partial charge in [0.05, 0.1) is 18.3 Å². The third-order valence-electron chi connectivity index (χ3n) is 3.25. The number of methoxy groups -OCH3 is 2. The first-order valence-corrected chi connectivity index (χ1v) is 4.99. The van der Waals surface area contributed by atoms with E-state index in [2.05, 4.69) is 13.8 Å². The standard InChI is InChI=1S/C11H24O3/c1-10(2,11(3,4)14-6)7-9(12)8-13-5/h9,12H,7-8H2,1-6H3. The summed E-state index contributed by atoms with van der Waals surface area (Å²) in [7, 11) is 3.29. The monoisotopic (exact) mass is 204 g/mol. The van der Waals surface area contributed by atoms with Crippen molar-refractivity contribution in [3.05, 3.63) is 0 Å². The Morgan fingerprint density at radius 3 is 2.00 bits per heavy atom. The van der Waals surface area contributed by atoms with E-state index in [0.717, 1.165) is 0 Å². The molecule has 0 aliphatic rings. The maximum atomic E-state index is 9.66. The van der Waals surface area contributed by atoms with Gasteiger partial charge in [-0.25, -0.2) is 0 Å². The van der Waals surface area contributed by atoms with Crippen molar-refractivity contribution >= 4 is 0 Å². The van der Waals surface area contributed by atoms with Gasteiger partial charge in [-0.15, -0.1) is 0 Å². The highest BCUT2D eigenvalue weighted by Crippen LogP contribution is 2.37. The molecule has 1 atom stereocenters. The van der Waals surface area contributed by atoms with E-state index in [-0.39, 0.29) is 11.0 Å². The molecule has 0 heterocycles. The van der Waals surface area contributed by atoms with Gasteiger partial charge in [0.15, 0.2) is 0 Å². The zero-order valence-corrected chi connectivity index (χ0v) is 10.3. The van der Waals surface area contributed by atoms with Crippen molar-refractivity contribution < 1.29 is 14.6 Å². The maximum absolute atomic E-state index is 9.66. The summed E-state index contributed by atoms with van der Waals surface area (Å²) in [6, 6.07) is 0. The molecular weight excluding hydrogens is 180 g/mol. The van der Waals surface area contributed by atoms with E-state index in [9.17, 15) is 5.11 Å². The van der Waals surface area contributed by atoms with Gasteiger partial charge in [0.25, 0.3) is 0 Å². The van der Waals surface area contributed by atoms with Crippen LogP contribution in [0, 0.1) is 5.41 Å². The molecule has 0 amide bonds. The summed E-state index contributed by atoms with van der Waals surface area (Å²) in [5, 5.41) is 9.66. The van der Waals surface area contributed by atoms with Gasteiger partial charge in [-0.3, -0.25) is 0 Å². The van der Waals surface area contributed by atoms with Crippen LogP contribution in [0.4, 0.5) is 0 Å². The molecule has 0 saturated heterocycles. The van der Waals surface area contributed by atoms with Crippen molar-refractivity contribution in [3.8, 4) is 0 Å². The van der Waals surface area contributed by atoms with Gasteiger partial charge in [0.2, 0.25) is 0 Å². The summed E-state index contributed by atoms with van der Waals surface area (Å²) in [4.78, 5) is 0. The van der Waals surface area contributed by atoms with Crippen LogP contribution in [0.1, 0.15) is 34.1 Å². The number of hydrogen-bond acceptors (Lipinski definition) is 3. The fraction of sp³-hybridized carbons (Fsp3) is 1.00. The topological polar surface area (TPSA) is 38.7 Å². The van der Waals surface area contributed by atoms with Crippen molar-refractivity contribution in [1.82, 2.24) is 0 Å². The number of rotatable bonds is 6. The lowest BCUT2D eigenvalue weighted by Gasteiger charge is -2.41. The van der Waals surface area contributed by atoms with Crippen molar-refractivity contribution in [3.63, 3.8) is 0 Å². The maximum Gasteiger partial charge on any atom is 0.0779 e. The SMILES string of the molecule is COCC(O)CC(C)(C)C(C)(C)OC. The average molecular weight is 204 g/mol. The number of hydrogen-bond donors (Lipinski definition) is 1. The van der Waals surface area contributed by atoms with Gasteiger partial charge >= 0.3 is 0 Å². The highest BCUT2D eigenvalue weighted by atomic mass is 16.5. The molecule has 3 heteroatoms. The van der Waals surface area contributed by atoms with E-state index < -0.39 is 6.10 Å². The van der Waals surface area contributed by atoms with Crippen molar-refractivity contribution in [2.45, 2.75) is 45.8 Å². The largest absolute Gasteiger partial charge is 0.391 e. The van der Waals surface area contributed by atoms with Crippen LogP contribution in [0.3, 0.4) is 0 Å². The van der Waals surface area contributed by atoms with Crippen LogP contribution in [-0.4, -0.2) is 37.6 Å². The molecule has 0 radical (unpaired) electrons. The molecule has 0 aliphatic carbocycles. The zero-order chi connectivity index (χ0) is 11.4. The van der Waals surface area contributed by atoms with Crippen LogP contribution < -0.4 is 0 Å². The number of aliphatic hydroxyl groups is 1. The Labute approximate surface area is 87.4 Å². The van der Waals surface area contributed by atoms with Crippen molar-refractivity contribution in [2.75, 3.05) is 20.8 Å². The third kappa shape index (κ3) is 3.56. The molecule has 0 aromatic heterocycles. The highest BCUT2D eigenvalue weighted by molar-refractivity contribution is 4.89. The second-order valence-corrected chi connectivity index (χ2v) is 4.91. The minimum absolute atomic E-state index is 0.0836. The van der Waals surface area contributed by atoms with E-state index in [1.54, 1.807) is 14.2 Å². The van der Waals surface area contributed by atoms with Crippen molar-refractivity contribution in [1.29, 1.82) is 0 Å². The van der Waals surface area contributed by atoms with Crippen LogP contribution in [0.5, 0.6) is 0 Å². The van der Waals surface area contributed by atoms with E-state index in [0.29, 0.717) is 13.0 Å². The number of aliphatic hydroxyl groups excluding tert-OH is 1. The Kier molecular flexibility index (Phi) is 5.06. The molecule has 0 aromatic carbocycles.